The third-order valence-corrected chi connectivity index (χ3v) is 2.05. The second-order valence-electron chi connectivity index (χ2n) is 3.49. The van der Waals surface area contributed by atoms with Gasteiger partial charge < -0.3 is 10.5 Å². The van der Waals surface area contributed by atoms with Crippen LogP contribution in [0.3, 0.4) is 0 Å². The molecule has 0 radical (unpaired) electrons. The lowest BCUT2D eigenvalue weighted by molar-refractivity contribution is -0.113. The molecule has 3 nitrogen and oxygen atoms in total. The van der Waals surface area contributed by atoms with Gasteiger partial charge in [0.2, 0.25) is 0 Å². The SMILES string of the molecule is CC(C)[C@@H](C=O)N(C)CCCN. The van der Waals surface area contributed by atoms with E-state index in [2.05, 4.69) is 18.7 Å². The van der Waals surface area contributed by atoms with Crippen molar-refractivity contribution in [3.63, 3.8) is 0 Å². The third kappa shape index (κ3) is 3.83. The number of hydrogen-bond acceptors (Lipinski definition) is 3. The zero-order chi connectivity index (χ0) is 9.56. The topological polar surface area (TPSA) is 46.3 Å². The molecule has 0 saturated carbocycles. The first-order chi connectivity index (χ1) is 5.63. The molecule has 0 aromatic carbocycles. The summed E-state index contributed by atoms with van der Waals surface area (Å²) in [4.78, 5) is 12.7. The minimum absolute atomic E-state index is 0.0385. The minimum atomic E-state index is 0.0385. The Morgan fingerprint density at radius 3 is 2.42 bits per heavy atom. The van der Waals surface area contributed by atoms with E-state index in [0.717, 1.165) is 19.3 Å². The standard InChI is InChI=1S/C9H20N2O/c1-8(2)9(7-12)11(3)6-4-5-10/h7-9H,4-6,10H2,1-3H3/t9-/m1/s1. The van der Waals surface area contributed by atoms with Gasteiger partial charge in [-0.05, 0) is 32.5 Å². The molecular weight excluding hydrogens is 152 g/mol. The van der Waals surface area contributed by atoms with Crippen molar-refractivity contribution >= 4 is 6.29 Å². The number of hydrogen-bond donors (Lipinski definition) is 1. The Morgan fingerprint density at radius 1 is 1.50 bits per heavy atom. The zero-order valence-electron chi connectivity index (χ0n) is 8.29. The van der Waals surface area contributed by atoms with Gasteiger partial charge in [-0.25, -0.2) is 0 Å². The molecule has 0 aliphatic rings. The van der Waals surface area contributed by atoms with Gasteiger partial charge in [0.1, 0.15) is 6.29 Å². The van der Waals surface area contributed by atoms with Gasteiger partial charge in [0, 0.05) is 0 Å². The van der Waals surface area contributed by atoms with Crippen LogP contribution in [0.25, 0.3) is 0 Å². The van der Waals surface area contributed by atoms with E-state index >= 15 is 0 Å². The summed E-state index contributed by atoms with van der Waals surface area (Å²) >= 11 is 0. The normalized spacial score (nSPS) is 13.8. The first-order valence-corrected chi connectivity index (χ1v) is 4.49. The van der Waals surface area contributed by atoms with Crippen LogP contribution in [0.4, 0.5) is 0 Å². The lowest BCUT2D eigenvalue weighted by Crippen LogP contribution is -2.38. The summed E-state index contributed by atoms with van der Waals surface area (Å²) in [6.07, 6.45) is 1.97. The molecule has 0 rings (SSSR count). The predicted octanol–water partition coefficient (Wildman–Crippen LogP) is 0.491. The molecule has 0 aromatic heterocycles. The van der Waals surface area contributed by atoms with Gasteiger partial charge in [-0.3, -0.25) is 4.90 Å². The van der Waals surface area contributed by atoms with E-state index in [1.807, 2.05) is 7.05 Å². The third-order valence-electron chi connectivity index (χ3n) is 2.05. The van der Waals surface area contributed by atoms with Crippen molar-refractivity contribution in [1.29, 1.82) is 0 Å². The van der Waals surface area contributed by atoms with E-state index < -0.39 is 0 Å². The van der Waals surface area contributed by atoms with E-state index in [1.54, 1.807) is 0 Å². The monoisotopic (exact) mass is 172 g/mol. The van der Waals surface area contributed by atoms with Crippen LogP contribution in [-0.2, 0) is 4.79 Å². The van der Waals surface area contributed by atoms with Crippen molar-refractivity contribution in [3.05, 3.63) is 0 Å². The van der Waals surface area contributed by atoms with Crippen LogP contribution in [0.1, 0.15) is 20.3 Å². The number of carbonyl (C=O) groups excluding carboxylic acids is 1. The fourth-order valence-corrected chi connectivity index (χ4v) is 1.26. The van der Waals surface area contributed by atoms with Crippen LogP contribution < -0.4 is 5.73 Å². The molecule has 0 saturated heterocycles. The van der Waals surface area contributed by atoms with Crippen LogP contribution in [-0.4, -0.2) is 37.4 Å². The number of carbonyl (C=O) groups is 1. The smallest absolute Gasteiger partial charge is 0.137 e. The highest BCUT2D eigenvalue weighted by atomic mass is 16.1. The first kappa shape index (κ1) is 11.6. The Kier molecular flexibility index (Phi) is 5.93. The average Bonchev–Trinajstić information content (AvgIpc) is 2.01. The summed E-state index contributed by atoms with van der Waals surface area (Å²) in [6.45, 7) is 5.70. The van der Waals surface area contributed by atoms with Gasteiger partial charge >= 0.3 is 0 Å². The van der Waals surface area contributed by atoms with Crippen LogP contribution in [0.2, 0.25) is 0 Å². The van der Waals surface area contributed by atoms with Gasteiger partial charge in [0.25, 0.3) is 0 Å². The van der Waals surface area contributed by atoms with E-state index in [-0.39, 0.29) is 6.04 Å². The molecule has 0 unspecified atom stereocenters. The quantitative estimate of drug-likeness (QED) is 0.593. The Morgan fingerprint density at radius 2 is 2.08 bits per heavy atom. The summed E-state index contributed by atoms with van der Waals surface area (Å²) in [7, 11) is 1.97. The second-order valence-corrected chi connectivity index (χ2v) is 3.49. The van der Waals surface area contributed by atoms with Crippen molar-refractivity contribution in [2.24, 2.45) is 11.7 Å². The summed E-state index contributed by atoms with van der Waals surface area (Å²) in [6, 6.07) is 0.0385. The molecule has 1 atom stereocenters. The first-order valence-electron chi connectivity index (χ1n) is 4.49. The van der Waals surface area contributed by atoms with Crippen LogP contribution in [0.5, 0.6) is 0 Å². The molecule has 0 heterocycles. The van der Waals surface area contributed by atoms with Crippen molar-refractivity contribution in [2.45, 2.75) is 26.3 Å². The van der Waals surface area contributed by atoms with Gasteiger partial charge in [-0.15, -0.1) is 0 Å². The van der Waals surface area contributed by atoms with E-state index in [4.69, 9.17) is 5.73 Å². The molecule has 3 heteroatoms. The molecular formula is C9H20N2O. The van der Waals surface area contributed by atoms with Crippen molar-refractivity contribution in [3.8, 4) is 0 Å². The maximum absolute atomic E-state index is 10.7. The Balaban J connectivity index is 3.85. The van der Waals surface area contributed by atoms with Gasteiger partial charge in [-0.2, -0.15) is 0 Å². The molecule has 0 aromatic rings. The molecule has 0 spiro atoms. The molecule has 0 bridgehead atoms. The summed E-state index contributed by atoms with van der Waals surface area (Å²) in [5.41, 5.74) is 5.38. The van der Waals surface area contributed by atoms with Crippen molar-refractivity contribution < 1.29 is 4.79 Å². The highest BCUT2D eigenvalue weighted by molar-refractivity contribution is 5.57. The summed E-state index contributed by atoms with van der Waals surface area (Å²) in [5.74, 6) is 0.380. The minimum Gasteiger partial charge on any atom is -0.330 e. The largest absolute Gasteiger partial charge is 0.330 e. The zero-order valence-corrected chi connectivity index (χ0v) is 8.29. The number of nitrogens with zero attached hydrogens (tertiary/aromatic N) is 1. The lowest BCUT2D eigenvalue weighted by Gasteiger charge is -2.26. The molecule has 0 aliphatic heterocycles. The van der Waals surface area contributed by atoms with E-state index in [1.165, 1.54) is 0 Å². The Bertz CT molecular complexity index is 126. The number of aldehydes is 1. The highest BCUT2D eigenvalue weighted by Crippen LogP contribution is 2.06. The number of likely N-dealkylation sites (N-methyl/N-ethyl adjacent to an activating group) is 1. The van der Waals surface area contributed by atoms with Gasteiger partial charge in [0.05, 0.1) is 6.04 Å². The molecule has 72 valence electrons. The summed E-state index contributed by atoms with van der Waals surface area (Å²) in [5, 5.41) is 0. The molecule has 0 amide bonds. The molecule has 0 aliphatic carbocycles. The van der Waals surface area contributed by atoms with E-state index in [0.29, 0.717) is 12.5 Å². The highest BCUT2D eigenvalue weighted by Gasteiger charge is 2.16. The van der Waals surface area contributed by atoms with E-state index in [9.17, 15) is 4.79 Å². The molecule has 2 N–H and O–H groups in total. The average molecular weight is 172 g/mol. The fourth-order valence-electron chi connectivity index (χ4n) is 1.26. The Hall–Kier alpha value is -0.410. The fraction of sp³-hybridized carbons (Fsp3) is 0.889. The summed E-state index contributed by atoms with van der Waals surface area (Å²) < 4.78 is 0. The van der Waals surface area contributed by atoms with Gasteiger partial charge in [0.15, 0.2) is 0 Å². The predicted molar refractivity (Wildman–Crippen MR) is 51.0 cm³/mol. The van der Waals surface area contributed by atoms with Crippen molar-refractivity contribution in [2.75, 3.05) is 20.1 Å². The molecule has 12 heavy (non-hydrogen) atoms. The Labute approximate surface area is 74.9 Å². The number of rotatable bonds is 6. The maximum Gasteiger partial charge on any atom is 0.137 e. The van der Waals surface area contributed by atoms with Crippen LogP contribution in [0.15, 0.2) is 0 Å². The number of nitrogens with two attached hydrogens (primary N) is 1. The van der Waals surface area contributed by atoms with Crippen LogP contribution >= 0.6 is 0 Å². The maximum atomic E-state index is 10.7. The van der Waals surface area contributed by atoms with Crippen molar-refractivity contribution in [1.82, 2.24) is 4.90 Å². The lowest BCUT2D eigenvalue weighted by atomic mass is 10.0. The second kappa shape index (κ2) is 6.14. The molecule has 0 fully saturated rings. The van der Waals surface area contributed by atoms with Crippen LogP contribution in [0, 0.1) is 5.92 Å². The van der Waals surface area contributed by atoms with Gasteiger partial charge in [-0.1, -0.05) is 13.8 Å².